The Morgan fingerprint density at radius 1 is 0.853 bits per heavy atom. The Morgan fingerprint density at radius 2 is 1.47 bits per heavy atom. The monoisotopic (exact) mass is 478 g/mol. The quantitative estimate of drug-likeness (QED) is 0.248. The van der Waals surface area contributed by atoms with Crippen molar-refractivity contribution < 1.29 is 9.59 Å². The molecule has 0 unspecified atom stereocenters. The van der Waals surface area contributed by atoms with E-state index in [1.807, 2.05) is 42.5 Å². The zero-order valence-corrected chi connectivity index (χ0v) is 19.6. The molecule has 3 aromatic rings. The molecule has 1 heterocycles. The lowest BCUT2D eigenvalue weighted by molar-refractivity contribution is -0.119. The van der Waals surface area contributed by atoms with Gasteiger partial charge in [0.25, 0.3) is 0 Å². The maximum Gasteiger partial charge on any atom is 0.244 e. The molecule has 0 aliphatic rings. The summed E-state index contributed by atoms with van der Waals surface area (Å²) in [7, 11) is 0. The maximum absolute atomic E-state index is 12.0. The Bertz CT molecular complexity index is 1120. The second kappa shape index (κ2) is 13.0. The van der Waals surface area contributed by atoms with E-state index in [2.05, 4.69) is 31.2 Å². The molecular weight excluding hydrogens is 452 g/mol. The molecule has 0 fully saturated rings. The highest BCUT2D eigenvalue weighted by Gasteiger charge is 2.08. The van der Waals surface area contributed by atoms with Crippen molar-refractivity contribution in [2.45, 2.75) is 6.92 Å². The highest BCUT2D eigenvalue weighted by molar-refractivity contribution is 6.30. The molecule has 2 amide bonds. The van der Waals surface area contributed by atoms with Crippen molar-refractivity contribution in [3.63, 3.8) is 0 Å². The number of nitrogens with one attached hydrogen (secondary N) is 4. The Labute approximate surface area is 203 Å². The first-order valence-corrected chi connectivity index (χ1v) is 11.3. The summed E-state index contributed by atoms with van der Waals surface area (Å²) in [4.78, 5) is 32.2. The van der Waals surface area contributed by atoms with Gasteiger partial charge in [0, 0.05) is 55.8 Å². The zero-order chi connectivity index (χ0) is 24.2. The van der Waals surface area contributed by atoms with Gasteiger partial charge in [-0.2, -0.15) is 0 Å². The molecule has 0 aliphatic heterocycles. The smallest absolute Gasteiger partial charge is 0.244 e. The van der Waals surface area contributed by atoms with Gasteiger partial charge in [-0.3, -0.25) is 9.59 Å². The minimum absolute atomic E-state index is 0.0886. The van der Waals surface area contributed by atoms with Crippen LogP contribution in [0.2, 0.25) is 5.02 Å². The van der Waals surface area contributed by atoms with Crippen molar-refractivity contribution in [2.75, 3.05) is 36.8 Å². The molecular formula is C25H27ClN6O2. The van der Waals surface area contributed by atoms with Crippen LogP contribution >= 0.6 is 11.6 Å². The third-order valence-corrected chi connectivity index (χ3v) is 4.84. The van der Waals surface area contributed by atoms with Crippen LogP contribution in [0.3, 0.4) is 0 Å². The number of hydrogen-bond acceptors (Lipinski definition) is 6. The van der Waals surface area contributed by atoms with Gasteiger partial charge >= 0.3 is 0 Å². The molecule has 176 valence electrons. The minimum atomic E-state index is -0.171. The Kier molecular flexibility index (Phi) is 9.42. The van der Waals surface area contributed by atoms with Crippen LogP contribution in [0.15, 0.2) is 66.7 Å². The van der Waals surface area contributed by atoms with Crippen LogP contribution in [0.1, 0.15) is 12.5 Å². The normalized spacial score (nSPS) is 10.6. The number of benzene rings is 2. The van der Waals surface area contributed by atoms with Gasteiger partial charge in [-0.15, -0.1) is 0 Å². The van der Waals surface area contributed by atoms with Gasteiger partial charge in [0.1, 0.15) is 11.6 Å². The lowest BCUT2D eigenvalue weighted by atomic mass is 10.2. The van der Waals surface area contributed by atoms with Crippen molar-refractivity contribution in [3.05, 3.63) is 77.3 Å². The summed E-state index contributed by atoms with van der Waals surface area (Å²) >= 11 is 6.00. The summed E-state index contributed by atoms with van der Waals surface area (Å²) in [6, 6.07) is 18.7. The Morgan fingerprint density at radius 3 is 2.09 bits per heavy atom. The van der Waals surface area contributed by atoms with E-state index in [4.69, 9.17) is 11.6 Å². The third kappa shape index (κ3) is 8.55. The van der Waals surface area contributed by atoms with Crippen LogP contribution < -0.4 is 21.3 Å². The molecule has 0 saturated heterocycles. The molecule has 0 radical (unpaired) electrons. The highest BCUT2D eigenvalue weighted by atomic mass is 35.5. The summed E-state index contributed by atoms with van der Waals surface area (Å²) in [5, 5.41) is 12.6. The summed E-state index contributed by atoms with van der Waals surface area (Å²) in [5.41, 5.74) is 1.78. The molecule has 0 saturated carbocycles. The molecule has 2 aromatic carbocycles. The van der Waals surface area contributed by atoms with Gasteiger partial charge in [0.2, 0.25) is 11.8 Å². The zero-order valence-electron chi connectivity index (χ0n) is 18.8. The molecule has 4 N–H and O–H groups in total. The number of aromatic nitrogens is 2. The van der Waals surface area contributed by atoms with Gasteiger partial charge in [0.15, 0.2) is 5.82 Å². The van der Waals surface area contributed by atoms with Crippen LogP contribution in [0.4, 0.5) is 11.6 Å². The van der Waals surface area contributed by atoms with Crippen molar-refractivity contribution in [1.82, 2.24) is 20.6 Å². The van der Waals surface area contributed by atoms with Crippen LogP contribution in [-0.2, 0) is 9.59 Å². The number of anilines is 2. The van der Waals surface area contributed by atoms with Crippen molar-refractivity contribution in [3.8, 4) is 11.4 Å². The lowest BCUT2D eigenvalue weighted by Crippen LogP contribution is -2.27. The summed E-state index contributed by atoms with van der Waals surface area (Å²) in [6.45, 7) is 3.36. The average Bonchev–Trinajstić information content (AvgIpc) is 2.84. The van der Waals surface area contributed by atoms with E-state index in [1.165, 1.54) is 13.0 Å². The number of amides is 2. The number of rotatable bonds is 11. The molecule has 1 aromatic heterocycles. The average molecular weight is 479 g/mol. The fourth-order valence-corrected chi connectivity index (χ4v) is 3.08. The van der Waals surface area contributed by atoms with Gasteiger partial charge in [0.05, 0.1) is 0 Å². The fourth-order valence-electron chi connectivity index (χ4n) is 2.96. The molecule has 0 aliphatic carbocycles. The number of halogens is 1. The molecule has 34 heavy (non-hydrogen) atoms. The number of carbonyl (C=O) groups is 2. The molecule has 3 rings (SSSR count). The van der Waals surface area contributed by atoms with Crippen LogP contribution in [-0.4, -0.2) is 48.0 Å². The van der Waals surface area contributed by atoms with Crippen LogP contribution in [0.25, 0.3) is 17.5 Å². The number of hydrogen-bond donors (Lipinski definition) is 4. The van der Waals surface area contributed by atoms with Crippen LogP contribution in [0, 0.1) is 0 Å². The largest absolute Gasteiger partial charge is 0.368 e. The summed E-state index contributed by atoms with van der Waals surface area (Å²) in [5.74, 6) is 1.49. The van der Waals surface area contributed by atoms with Gasteiger partial charge in [-0.05, 0) is 35.9 Å². The van der Waals surface area contributed by atoms with Crippen molar-refractivity contribution in [2.24, 2.45) is 0 Å². The van der Waals surface area contributed by atoms with E-state index in [-0.39, 0.29) is 11.8 Å². The predicted octanol–water partition coefficient (Wildman–Crippen LogP) is 3.59. The van der Waals surface area contributed by atoms with Gasteiger partial charge in [-0.1, -0.05) is 41.9 Å². The van der Waals surface area contributed by atoms with E-state index < -0.39 is 0 Å². The Balaban J connectivity index is 1.58. The first kappa shape index (κ1) is 24.7. The van der Waals surface area contributed by atoms with E-state index >= 15 is 0 Å². The molecule has 0 bridgehead atoms. The topological polar surface area (TPSA) is 108 Å². The first-order chi connectivity index (χ1) is 16.5. The van der Waals surface area contributed by atoms with E-state index in [0.29, 0.717) is 48.7 Å². The number of carbonyl (C=O) groups excluding carboxylic acids is 2. The number of nitrogens with zero attached hydrogens (tertiary/aromatic N) is 2. The van der Waals surface area contributed by atoms with Crippen molar-refractivity contribution in [1.29, 1.82) is 0 Å². The first-order valence-electron chi connectivity index (χ1n) is 10.9. The SMILES string of the molecule is CC(=O)NCCNc1cc(NCCNC(=O)C=Cc2ccccc2)nc(-c2ccc(Cl)cc2)n1. The fraction of sp³-hybridized carbons (Fsp3) is 0.200. The summed E-state index contributed by atoms with van der Waals surface area (Å²) in [6.07, 6.45) is 3.28. The lowest BCUT2D eigenvalue weighted by Gasteiger charge is -2.12. The van der Waals surface area contributed by atoms with E-state index in [0.717, 1.165) is 11.1 Å². The van der Waals surface area contributed by atoms with Gasteiger partial charge in [-0.25, -0.2) is 9.97 Å². The van der Waals surface area contributed by atoms with Gasteiger partial charge < -0.3 is 21.3 Å². The third-order valence-electron chi connectivity index (χ3n) is 4.59. The minimum Gasteiger partial charge on any atom is -0.368 e. The highest BCUT2D eigenvalue weighted by Crippen LogP contribution is 2.22. The maximum atomic E-state index is 12.0. The molecule has 9 heteroatoms. The second-order valence-corrected chi connectivity index (χ2v) is 7.78. The van der Waals surface area contributed by atoms with Crippen molar-refractivity contribution >= 4 is 41.1 Å². The second-order valence-electron chi connectivity index (χ2n) is 7.34. The summed E-state index contributed by atoms with van der Waals surface area (Å²) < 4.78 is 0. The van der Waals surface area contributed by atoms with E-state index in [9.17, 15) is 9.59 Å². The predicted molar refractivity (Wildman–Crippen MR) is 137 cm³/mol. The standard InChI is InChI=1S/C25H27ClN6O2/c1-18(33)27-13-14-28-22-17-23(32-25(31-22)20-8-10-21(26)11-9-20)29-15-16-30-24(34)12-7-19-5-3-2-4-6-19/h2-12,17H,13-16H2,1H3,(H,27,33)(H,30,34)(H2,28,29,31,32). The molecule has 8 nitrogen and oxygen atoms in total. The molecule has 0 atom stereocenters. The molecule has 0 spiro atoms. The van der Waals surface area contributed by atoms with Crippen LogP contribution in [0.5, 0.6) is 0 Å². The van der Waals surface area contributed by atoms with E-state index in [1.54, 1.807) is 24.3 Å². The Hall–Kier alpha value is -3.91.